The van der Waals surface area contributed by atoms with Crippen molar-refractivity contribution in [1.29, 1.82) is 0 Å². The van der Waals surface area contributed by atoms with Crippen molar-refractivity contribution in [3.05, 3.63) is 11.1 Å². The highest BCUT2D eigenvalue weighted by molar-refractivity contribution is 7.05. The Labute approximate surface area is 64.6 Å². The molecule has 1 aromatic heterocycles. The lowest BCUT2D eigenvalue weighted by Crippen LogP contribution is -2.21. The van der Waals surface area contributed by atoms with E-state index in [-0.39, 0.29) is 0 Å². The van der Waals surface area contributed by atoms with Crippen molar-refractivity contribution in [2.45, 2.75) is 26.4 Å². The van der Waals surface area contributed by atoms with E-state index in [1.54, 1.807) is 6.20 Å². The first-order valence-electron chi connectivity index (χ1n) is 3.28. The lowest BCUT2D eigenvalue weighted by Gasteiger charge is -2.03. The summed E-state index contributed by atoms with van der Waals surface area (Å²) in [4.78, 5) is 1.19. The molecule has 0 aliphatic carbocycles. The molecule has 0 bridgehead atoms. The van der Waals surface area contributed by atoms with E-state index in [4.69, 9.17) is 0 Å². The van der Waals surface area contributed by atoms with Crippen LogP contribution in [0.15, 0.2) is 6.20 Å². The Balaban J connectivity index is 2.28. The molecule has 3 nitrogen and oxygen atoms in total. The van der Waals surface area contributed by atoms with Gasteiger partial charge in [-0.3, -0.25) is 0 Å². The third-order valence-electron chi connectivity index (χ3n) is 1.09. The van der Waals surface area contributed by atoms with Crippen LogP contribution in [0.3, 0.4) is 0 Å². The molecule has 0 saturated heterocycles. The molecule has 0 aromatic carbocycles. The third-order valence-corrected chi connectivity index (χ3v) is 1.75. The zero-order valence-corrected chi connectivity index (χ0v) is 6.98. The lowest BCUT2D eigenvalue weighted by atomic mass is 10.4. The summed E-state index contributed by atoms with van der Waals surface area (Å²) < 4.78 is 3.75. The van der Waals surface area contributed by atoms with Crippen LogP contribution in [0.2, 0.25) is 0 Å². The molecule has 0 atom stereocenters. The molecule has 10 heavy (non-hydrogen) atoms. The first kappa shape index (κ1) is 7.63. The Kier molecular flexibility index (Phi) is 2.77. The Bertz CT molecular complexity index is 171. The van der Waals surface area contributed by atoms with E-state index in [9.17, 15) is 0 Å². The third kappa shape index (κ3) is 2.41. The van der Waals surface area contributed by atoms with Gasteiger partial charge in [0, 0.05) is 12.6 Å². The summed E-state index contributed by atoms with van der Waals surface area (Å²) in [7, 11) is 0. The van der Waals surface area contributed by atoms with Gasteiger partial charge < -0.3 is 5.32 Å². The molecule has 0 amide bonds. The quantitative estimate of drug-likeness (QED) is 0.712. The Morgan fingerprint density at radius 1 is 1.70 bits per heavy atom. The predicted octanol–water partition coefficient (Wildman–Crippen LogP) is 1.04. The van der Waals surface area contributed by atoms with Gasteiger partial charge in [0.1, 0.15) is 0 Å². The van der Waals surface area contributed by atoms with Gasteiger partial charge in [0.15, 0.2) is 0 Å². The maximum Gasteiger partial charge on any atom is 0.0666 e. The highest BCUT2D eigenvalue weighted by Gasteiger charge is 1.95. The summed E-state index contributed by atoms with van der Waals surface area (Å²) in [6, 6.07) is 0.530. The van der Waals surface area contributed by atoms with Gasteiger partial charge in [-0.2, -0.15) is 0 Å². The summed E-state index contributed by atoms with van der Waals surface area (Å²) in [6.07, 6.45) is 1.79. The van der Waals surface area contributed by atoms with Crippen LogP contribution in [0.1, 0.15) is 18.7 Å². The van der Waals surface area contributed by atoms with Crippen LogP contribution in [0, 0.1) is 0 Å². The molecule has 4 heteroatoms. The fraction of sp³-hybridized carbons (Fsp3) is 0.667. The highest BCUT2D eigenvalue weighted by Crippen LogP contribution is 2.00. The minimum Gasteiger partial charge on any atom is -0.310 e. The van der Waals surface area contributed by atoms with Gasteiger partial charge in [-0.25, -0.2) is 0 Å². The van der Waals surface area contributed by atoms with E-state index >= 15 is 0 Å². The minimum atomic E-state index is 0.530. The SMILES string of the molecule is CC(C)NCc1cnns1. The number of hydrogen-bond donors (Lipinski definition) is 1. The lowest BCUT2D eigenvalue weighted by molar-refractivity contribution is 0.593. The molecular formula is C6H11N3S. The van der Waals surface area contributed by atoms with E-state index in [0.717, 1.165) is 6.54 Å². The second-order valence-corrected chi connectivity index (χ2v) is 3.29. The highest BCUT2D eigenvalue weighted by atomic mass is 32.1. The zero-order chi connectivity index (χ0) is 7.40. The number of rotatable bonds is 3. The minimum absolute atomic E-state index is 0.530. The van der Waals surface area contributed by atoms with Crippen LogP contribution in [0.25, 0.3) is 0 Å². The molecule has 1 N–H and O–H groups in total. The van der Waals surface area contributed by atoms with Gasteiger partial charge in [-0.1, -0.05) is 18.3 Å². The number of nitrogens with one attached hydrogen (secondary N) is 1. The molecule has 1 aromatic rings. The molecular weight excluding hydrogens is 146 g/mol. The summed E-state index contributed by atoms with van der Waals surface area (Å²) in [6.45, 7) is 5.12. The van der Waals surface area contributed by atoms with Gasteiger partial charge in [0.2, 0.25) is 0 Å². The summed E-state index contributed by atoms with van der Waals surface area (Å²) >= 11 is 1.44. The van der Waals surface area contributed by atoms with Crippen molar-refractivity contribution >= 4 is 11.5 Å². The van der Waals surface area contributed by atoms with Crippen molar-refractivity contribution in [2.24, 2.45) is 0 Å². The number of nitrogens with zero attached hydrogens (tertiary/aromatic N) is 2. The first-order valence-corrected chi connectivity index (χ1v) is 4.06. The van der Waals surface area contributed by atoms with Crippen LogP contribution in [0.4, 0.5) is 0 Å². The average Bonchev–Trinajstić information content (AvgIpc) is 2.34. The van der Waals surface area contributed by atoms with Crippen molar-refractivity contribution in [3.8, 4) is 0 Å². The van der Waals surface area contributed by atoms with Crippen molar-refractivity contribution in [2.75, 3.05) is 0 Å². The summed E-state index contributed by atoms with van der Waals surface area (Å²) in [5, 5.41) is 7.01. The van der Waals surface area contributed by atoms with Crippen LogP contribution < -0.4 is 5.32 Å². The molecule has 56 valence electrons. The standard InChI is InChI=1S/C6H11N3S/c1-5(2)7-3-6-4-8-9-10-6/h4-5,7H,3H2,1-2H3. The summed E-state index contributed by atoms with van der Waals surface area (Å²) in [5.41, 5.74) is 0. The molecule has 0 aliphatic rings. The Morgan fingerprint density at radius 3 is 3.00 bits per heavy atom. The predicted molar refractivity (Wildman–Crippen MR) is 41.9 cm³/mol. The van der Waals surface area contributed by atoms with Crippen molar-refractivity contribution in [3.63, 3.8) is 0 Å². The largest absolute Gasteiger partial charge is 0.310 e. The van der Waals surface area contributed by atoms with Crippen LogP contribution in [0.5, 0.6) is 0 Å². The monoisotopic (exact) mass is 157 g/mol. The molecule has 0 spiro atoms. The van der Waals surface area contributed by atoms with E-state index in [2.05, 4.69) is 28.8 Å². The normalized spacial score (nSPS) is 10.7. The fourth-order valence-corrected chi connectivity index (χ4v) is 1.01. The Hall–Kier alpha value is -0.480. The Morgan fingerprint density at radius 2 is 2.50 bits per heavy atom. The number of hydrogen-bond acceptors (Lipinski definition) is 4. The maximum atomic E-state index is 3.75. The van der Waals surface area contributed by atoms with Crippen LogP contribution in [-0.4, -0.2) is 15.6 Å². The van der Waals surface area contributed by atoms with Gasteiger partial charge in [0.05, 0.1) is 11.1 Å². The van der Waals surface area contributed by atoms with Gasteiger partial charge in [0.25, 0.3) is 0 Å². The van der Waals surface area contributed by atoms with E-state index < -0.39 is 0 Å². The van der Waals surface area contributed by atoms with E-state index in [0.29, 0.717) is 6.04 Å². The number of aromatic nitrogens is 2. The zero-order valence-electron chi connectivity index (χ0n) is 6.16. The van der Waals surface area contributed by atoms with Gasteiger partial charge >= 0.3 is 0 Å². The molecule has 0 fully saturated rings. The molecule has 1 rings (SSSR count). The topological polar surface area (TPSA) is 37.8 Å². The second kappa shape index (κ2) is 3.63. The van der Waals surface area contributed by atoms with Crippen LogP contribution >= 0.6 is 11.5 Å². The molecule has 0 aliphatic heterocycles. The molecule has 1 heterocycles. The maximum absolute atomic E-state index is 3.75. The first-order chi connectivity index (χ1) is 4.79. The van der Waals surface area contributed by atoms with Gasteiger partial charge in [-0.15, -0.1) is 5.10 Å². The summed E-state index contributed by atoms with van der Waals surface area (Å²) in [5.74, 6) is 0. The molecule has 0 saturated carbocycles. The smallest absolute Gasteiger partial charge is 0.0666 e. The van der Waals surface area contributed by atoms with E-state index in [1.165, 1.54) is 16.4 Å². The van der Waals surface area contributed by atoms with Gasteiger partial charge in [-0.05, 0) is 11.5 Å². The van der Waals surface area contributed by atoms with Crippen molar-refractivity contribution in [1.82, 2.24) is 14.9 Å². The molecule has 0 radical (unpaired) electrons. The average molecular weight is 157 g/mol. The van der Waals surface area contributed by atoms with Crippen LogP contribution in [-0.2, 0) is 6.54 Å². The fourth-order valence-electron chi connectivity index (χ4n) is 0.570. The van der Waals surface area contributed by atoms with E-state index in [1.807, 2.05) is 0 Å². The van der Waals surface area contributed by atoms with Crippen molar-refractivity contribution < 1.29 is 0 Å². The molecule has 0 unspecified atom stereocenters. The second-order valence-electron chi connectivity index (χ2n) is 2.42.